The molecular weight excluding hydrogens is 332 g/mol. The molecule has 134 valence electrons. The Morgan fingerprint density at radius 1 is 1.16 bits per heavy atom. The smallest absolute Gasteiger partial charge is 0.286 e. The summed E-state index contributed by atoms with van der Waals surface area (Å²) in [5.74, 6) is -0.147. The Labute approximate surface area is 154 Å². The van der Waals surface area contributed by atoms with Crippen LogP contribution in [0.25, 0.3) is 6.08 Å². The van der Waals surface area contributed by atoms with Crippen LogP contribution >= 0.6 is 11.8 Å². The van der Waals surface area contributed by atoms with Gasteiger partial charge in [0.1, 0.15) is 0 Å². The first-order valence-corrected chi connectivity index (χ1v) is 9.57. The van der Waals surface area contributed by atoms with Crippen molar-refractivity contribution in [3.63, 3.8) is 0 Å². The highest BCUT2D eigenvalue weighted by atomic mass is 32.2. The second kappa shape index (κ2) is 6.96. The maximum Gasteiger partial charge on any atom is 0.286 e. The van der Waals surface area contributed by atoms with Crippen LogP contribution in [0.5, 0.6) is 0 Å². The normalized spacial score (nSPS) is 26.3. The second-order valence-electron chi connectivity index (χ2n) is 7.84. The van der Waals surface area contributed by atoms with Gasteiger partial charge in [-0.3, -0.25) is 4.79 Å². The van der Waals surface area contributed by atoms with Crippen molar-refractivity contribution in [2.24, 2.45) is 4.99 Å². The number of carbonyl (C=O) groups is 1. The number of ether oxygens (including phenoxy) is 1. The molecule has 25 heavy (non-hydrogen) atoms. The highest BCUT2D eigenvalue weighted by Crippen LogP contribution is 2.32. The Hall–Kier alpha value is -1.59. The van der Waals surface area contributed by atoms with Crippen LogP contribution in [0.1, 0.15) is 45.7 Å². The molecule has 1 saturated heterocycles. The van der Waals surface area contributed by atoms with Gasteiger partial charge in [0.05, 0.1) is 17.1 Å². The predicted octanol–water partition coefficient (Wildman–Crippen LogP) is 4.06. The molecule has 0 N–H and O–H groups in total. The van der Waals surface area contributed by atoms with Gasteiger partial charge in [-0.2, -0.15) is 4.99 Å². The molecular formula is C20H26N2O2S. The molecule has 0 unspecified atom stereocenters. The maximum absolute atomic E-state index is 12.3. The van der Waals surface area contributed by atoms with Crippen molar-refractivity contribution in [2.45, 2.75) is 52.2 Å². The predicted molar refractivity (Wildman–Crippen MR) is 105 cm³/mol. The lowest BCUT2D eigenvalue weighted by Crippen LogP contribution is -2.47. The number of amides is 1. The van der Waals surface area contributed by atoms with Gasteiger partial charge in [-0.15, -0.1) is 0 Å². The molecule has 0 bridgehead atoms. The third-order valence-electron chi connectivity index (χ3n) is 4.37. The molecule has 5 heteroatoms. The van der Waals surface area contributed by atoms with Crippen molar-refractivity contribution < 1.29 is 9.53 Å². The van der Waals surface area contributed by atoms with Crippen LogP contribution in [-0.2, 0) is 14.9 Å². The Kier molecular flexibility index (Phi) is 5.07. The molecule has 2 aliphatic rings. The molecule has 2 heterocycles. The van der Waals surface area contributed by atoms with Crippen molar-refractivity contribution in [2.75, 3.05) is 13.1 Å². The van der Waals surface area contributed by atoms with Gasteiger partial charge in [-0.25, -0.2) is 0 Å². The molecule has 0 spiro atoms. The summed E-state index contributed by atoms with van der Waals surface area (Å²) in [5, 5.41) is 0.796. The van der Waals surface area contributed by atoms with Gasteiger partial charge in [0.15, 0.2) is 5.17 Å². The van der Waals surface area contributed by atoms with E-state index in [0.717, 1.165) is 23.8 Å². The van der Waals surface area contributed by atoms with Gasteiger partial charge in [0, 0.05) is 13.1 Å². The highest BCUT2D eigenvalue weighted by molar-refractivity contribution is 8.18. The summed E-state index contributed by atoms with van der Waals surface area (Å²) in [5.41, 5.74) is 2.45. The van der Waals surface area contributed by atoms with E-state index < -0.39 is 0 Å². The number of nitrogens with zero attached hydrogens (tertiary/aromatic N) is 2. The fraction of sp³-hybridized carbons (Fsp3) is 0.500. The van der Waals surface area contributed by atoms with Crippen molar-refractivity contribution in [1.29, 1.82) is 0 Å². The number of benzene rings is 1. The molecule has 3 rings (SSSR count). The average Bonchev–Trinajstić information content (AvgIpc) is 2.87. The van der Waals surface area contributed by atoms with Gasteiger partial charge in [-0.1, -0.05) is 45.0 Å². The number of carbonyl (C=O) groups excluding carboxylic acids is 1. The third kappa shape index (κ3) is 4.33. The summed E-state index contributed by atoms with van der Waals surface area (Å²) < 4.78 is 5.76. The Morgan fingerprint density at radius 2 is 1.76 bits per heavy atom. The van der Waals surface area contributed by atoms with Crippen LogP contribution in [0, 0.1) is 0 Å². The number of hydrogen-bond donors (Lipinski definition) is 0. The van der Waals surface area contributed by atoms with E-state index in [1.165, 1.54) is 17.3 Å². The molecule has 1 amide bonds. The van der Waals surface area contributed by atoms with Crippen LogP contribution in [0.2, 0.25) is 0 Å². The van der Waals surface area contributed by atoms with Crippen LogP contribution in [-0.4, -0.2) is 41.3 Å². The molecule has 1 aromatic rings. The number of aliphatic imine (C=N–C) groups is 1. The quantitative estimate of drug-likeness (QED) is 0.710. The van der Waals surface area contributed by atoms with E-state index >= 15 is 0 Å². The van der Waals surface area contributed by atoms with Gasteiger partial charge < -0.3 is 9.64 Å². The number of rotatable bonds is 1. The first-order valence-electron chi connectivity index (χ1n) is 8.76. The van der Waals surface area contributed by atoms with Crippen molar-refractivity contribution in [1.82, 2.24) is 4.90 Å². The summed E-state index contributed by atoms with van der Waals surface area (Å²) in [6.45, 7) is 12.2. The van der Waals surface area contributed by atoms with E-state index in [1.807, 2.05) is 6.08 Å². The van der Waals surface area contributed by atoms with Crippen LogP contribution < -0.4 is 0 Å². The van der Waals surface area contributed by atoms with E-state index in [9.17, 15) is 4.79 Å². The third-order valence-corrected chi connectivity index (χ3v) is 5.42. The van der Waals surface area contributed by atoms with Crippen molar-refractivity contribution >= 4 is 28.9 Å². The highest BCUT2D eigenvalue weighted by Gasteiger charge is 2.31. The summed E-state index contributed by atoms with van der Waals surface area (Å²) >= 11 is 1.47. The summed E-state index contributed by atoms with van der Waals surface area (Å²) in [6, 6.07) is 8.39. The monoisotopic (exact) mass is 358 g/mol. The van der Waals surface area contributed by atoms with Gasteiger partial charge in [0.25, 0.3) is 5.91 Å². The fourth-order valence-electron chi connectivity index (χ4n) is 3.10. The van der Waals surface area contributed by atoms with E-state index in [0.29, 0.717) is 4.91 Å². The molecule has 1 aromatic carbocycles. The largest absolute Gasteiger partial charge is 0.372 e. The number of amidine groups is 1. The lowest BCUT2D eigenvalue weighted by atomic mass is 9.87. The van der Waals surface area contributed by atoms with Gasteiger partial charge in [0.2, 0.25) is 0 Å². The SMILES string of the molecule is C[C@H]1CN(C2=NC(=O)/C(=C/c3ccc(C(C)(C)C)cc3)S2)C[C@H](C)O1. The Bertz CT molecular complexity index is 706. The number of hydrogen-bond acceptors (Lipinski definition) is 4. The lowest BCUT2D eigenvalue weighted by molar-refractivity contribution is -0.113. The minimum absolute atomic E-state index is 0.129. The number of morpholine rings is 1. The standard InChI is InChI=1S/C20H26N2O2S/c1-13-11-22(12-14(2)24-13)19-21-18(23)17(25-19)10-15-6-8-16(9-7-15)20(3,4)5/h6-10,13-14H,11-12H2,1-5H3/b17-10-/t13-,14-/m0/s1. The van der Waals surface area contributed by atoms with Crippen molar-refractivity contribution in [3.05, 3.63) is 40.3 Å². The molecule has 0 aliphatic carbocycles. The summed E-state index contributed by atoms with van der Waals surface area (Å²) in [6.07, 6.45) is 2.24. The maximum atomic E-state index is 12.3. The molecule has 0 aromatic heterocycles. The minimum atomic E-state index is -0.147. The Morgan fingerprint density at radius 3 is 2.32 bits per heavy atom. The van der Waals surface area contributed by atoms with Gasteiger partial charge in [-0.05, 0) is 48.2 Å². The fourth-order valence-corrected chi connectivity index (χ4v) is 4.03. The topological polar surface area (TPSA) is 41.9 Å². The minimum Gasteiger partial charge on any atom is -0.372 e. The van der Waals surface area contributed by atoms with E-state index in [4.69, 9.17) is 4.74 Å². The first-order chi connectivity index (χ1) is 11.7. The Balaban J connectivity index is 1.73. The molecule has 1 fully saturated rings. The first kappa shape index (κ1) is 18.2. The van der Waals surface area contributed by atoms with Crippen LogP contribution in [0.15, 0.2) is 34.2 Å². The average molecular weight is 359 g/mol. The number of thioether (sulfide) groups is 1. The molecule has 2 aliphatic heterocycles. The molecule has 0 saturated carbocycles. The van der Waals surface area contributed by atoms with E-state index in [2.05, 4.69) is 68.8 Å². The van der Waals surface area contributed by atoms with E-state index in [-0.39, 0.29) is 23.5 Å². The summed E-state index contributed by atoms with van der Waals surface area (Å²) in [7, 11) is 0. The molecule has 4 nitrogen and oxygen atoms in total. The van der Waals surface area contributed by atoms with Crippen LogP contribution in [0.4, 0.5) is 0 Å². The zero-order valence-corrected chi connectivity index (χ0v) is 16.4. The zero-order chi connectivity index (χ0) is 18.2. The van der Waals surface area contributed by atoms with E-state index in [1.54, 1.807) is 0 Å². The van der Waals surface area contributed by atoms with Gasteiger partial charge >= 0.3 is 0 Å². The second-order valence-corrected chi connectivity index (χ2v) is 8.85. The van der Waals surface area contributed by atoms with Crippen LogP contribution in [0.3, 0.4) is 0 Å². The van der Waals surface area contributed by atoms with Crippen molar-refractivity contribution in [3.8, 4) is 0 Å². The zero-order valence-electron chi connectivity index (χ0n) is 15.6. The molecule has 0 radical (unpaired) electrons. The summed E-state index contributed by atoms with van der Waals surface area (Å²) in [4.78, 5) is 19.4. The molecule has 2 atom stereocenters. The lowest BCUT2D eigenvalue weighted by Gasteiger charge is -2.35.